The Kier molecular flexibility index (Phi) is 8.74. The van der Waals surface area contributed by atoms with Crippen LogP contribution in [0.25, 0.3) is 0 Å². The Morgan fingerprint density at radius 2 is 1.92 bits per heavy atom. The molecular weight excluding hydrogens is 443 g/mol. The maximum atomic E-state index is 11.8. The van der Waals surface area contributed by atoms with Crippen molar-refractivity contribution in [1.82, 2.24) is 16.0 Å². The second-order valence-corrected chi connectivity index (χ2v) is 7.19. The normalized spacial score (nSPS) is 25.6. The first-order valence-corrected chi connectivity index (χ1v) is 9.55. The highest BCUT2D eigenvalue weighted by molar-refractivity contribution is 14.0. The number of fused-ring (bicyclic) bond motifs is 1. The van der Waals surface area contributed by atoms with Crippen LogP contribution in [0.4, 0.5) is 0 Å². The van der Waals surface area contributed by atoms with Gasteiger partial charge in [0.05, 0.1) is 6.26 Å². The molecule has 0 spiro atoms. The second-order valence-electron chi connectivity index (χ2n) is 7.19. The molecule has 3 unspecified atom stereocenters. The number of halogens is 1. The van der Waals surface area contributed by atoms with Crippen LogP contribution < -0.4 is 16.0 Å². The van der Waals surface area contributed by atoms with Crippen molar-refractivity contribution in [2.24, 2.45) is 16.8 Å². The summed E-state index contributed by atoms with van der Waals surface area (Å²) in [6.07, 6.45) is 11.0. The minimum Gasteiger partial charge on any atom is -0.459 e. The van der Waals surface area contributed by atoms with Crippen LogP contribution in [0.2, 0.25) is 0 Å². The minimum atomic E-state index is -0.189. The van der Waals surface area contributed by atoms with Gasteiger partial charge < -0.3 is 20.4 Å². The Morgan fingerprint density at radius 3 is 2.65 bits per heavy atom. The van der Waals surface area contributed by atoms with Crippen LogP contribution in [-0.4, -0.2) is 38.0 Å². The van der Waals surface area contributed by atoms with Crippen molar-refractivity contribution >= 4 is 35.8 Å². The van der Waals surface area contributed by atoms with E-state index in [9.17, 15) is 4.79 Å². The fourth-order valence-corrected chi connectivity index (χ4v) is 4.24. The van der Waals surface area contributed by atoms with E-state index in [0.29, 0.717) is 24.9 Å². The van der Waals surface area contributed by atoms with Gasteiger partial charge in [0, 0.05) is 26.2 Å². The molecule has 0 radical (unpaired) electrons. The van der Waals surface area contributed by atoms with Gasteiger partial charge >= 0.3 is 0 Å². The molecule has 6 nitrogen and oxygen atoms in total. The maximum Gasteiger partial charge on any atom is 0.287 e. The van der Waals surface area contributed by atoms with Crippen molar-refractivity contribution in [2.75, 3.05) is 20.1 Å². The van der Waals surface area contributed by atoms with Gasteiger partial charge in [0.15, 0.2) is 11.7 Å². The summed E-state index contributed by atoms with van der Waals surface area (Å²) in [5.74, 6) is 2.83. The fourth-order valence-electron chi connectivity index (χ4n) is 4.24. The van der Waals surface area contributed by atoms with Gasteiger partial charge in [0.25, 0.3) is 5.91 Å². The first-order chi connectivity index (χ1) is 12.3. The van der Waals surface area contributed by atoms with E-state index in [1.165, 1.54) is 51.2 Å². The van der Waals surface area contributed by atoms with E-state index < -0.39 is 0 Å². The zero-order valence-electron chi connectivity index (χ0n) is 15.5. The molecule has 2 aliphatic rings. The van der Waals surface area contributed by atoms with Crippen molar-refractivity contribution in [3.05, 3.63) is 24.2 Å². The number of nitrogens with one attached hydrogen (secondary N) is 3. The highest BCUT2D eigenvalue weighted by Gasteiger charge is 2.32. The van der Waals surface area contributed by atoms with Crippen molar-refractivity contribution in [2.45, 2.75) is 51.0 Å². The van der Waals surface area contributed by atoms with Crippen LogP contribution in [0.5, 0.6) is 0 Å². The molecule has 7 heteroatoms. The van der Waals surface area contributed by atoms with E-state index in [-0.39, 0.29) is 29.9 Å². The number of hydrogen-bond donors (Lipinski definition) is 3. The van der Waals surface area contributed by atoms with Crippen LogP contribution in [0.1, 0.15) is 55.5 Å². The van der Waals surface area contributed by atoms with E-state index in [0.717, 1.165) is 17.8 Å². The summed E-state index contributed by atoms with van der Waals surface area (Å²) in [6.45, 7) is 1.15. The van der Waals surface area contributed by atoms with E-state index in [2.05, 4.69) is 20.9 Å². The predicted octanol–water partition coefficient (Wildman–Crippen LogP) is 3.15. The molecule has 2 saturated carbocycles. The number of carbonyl (C=O) groups is 1. The van der Waals surface area contributed by atoms with Gasteiger partial charge in [-0.05, 0) is 43.2 Å². The van der Waals surface area contributed by atoms with Crippen molar-refractivity contribution in [3.63, 3.8) is 0 Å². The highest BCUT2D eigenvalue weighted by Crippen LogP contribution is 2.40. The van der Waals surface area contributed by atoms with Crippen LogP contribution in [0, 0.1) is 11.8 Å². The van der Waals surface area contributed by atoms with Gasteiger partial charge in [-0.15, -0.1) is 24.0 Å². The van der Waals surface area contributed by atoms with E-state index in [4.69, 9.17) is 4.42 Å². The molecule has 1 amide bonds. The summed E-state index contributed by atoms with van der Waals surface area (Å²) in [5, 5.41) is 9.67. The number of guanidine groups is 1. The molecule has 2 aliphatic carbocycles. The molecule has 146 valence electrons. The lowest BCUT2D eigenvalue weighted by Gasteiger charge is -2.39. The summed E-state index contributed by atoms with van der Waals surface area (Å²) in [6, 6.07) is 3.88. The molecule has 26 heavy (non-hydrogen) atoms. The molecule has 3 atom stereocenters. The average Bonchev–Trinajstić information content (AvgIpc) is 3.18. The van der Waals surface area contributed by atoms with Gasteiger partial charge in [-0.1, -0.05) is 25.7 Å². The number of furan rings is 1. The Morgan fingerprint density at radius 1 is 1.15 bits per heavy atom. The summed E-state index contributed by atoms with van der Waals surface area (Å²) >= 11 is 0. The fraction of sp³-hybridized carbons (Fsp3) is 0.684. The Bertz CT molecular complexity index is 576. The summed E-state index contributed by atoms with van der Waals surface area (Å²) in [7, 11) is 1.79. The lowest BCUT2D eigenvalue weighted by Crippen LogP contribution is -2.48. The zero-order chi connectivity index (χ0) is 17.5. The number of amides is 1. The summed E-state index contributed by atoms with van der Waals surface area (Å²) in [5.41, 5.74) is 0. The standard InChI is InChI=1S/C19H30N4O2.HI/c1-20-19(22-11-10-21-18(24)17-7-4-12-25-17)23-16-9-8-14-5-2-3-6-15(14)13-16;/h4,7,12,14-16H,2-3,5-6,8-11,13H2,1H3,(H,21,24)(H2,20,22,23);1H. The van der Waals surface area contributed by atoms with Gasteiger partial charge in [-0.25, -0.2) is 0 Å². The van der Waals surface area contributed by atoms with Crippen molar-refractivity contribution in [3.8, 4) is 0 Å². The third-order valence-electron chi connectivity index (χ3n) is 5.55. The minimum absolute atomic E-state index is 0. The molecule has 3 rings (SSSR count). The van der Waals surface area contributed by atoms with Gasteiger partial charge in [0.1, 0.15) is 0 Å². The van der Waals surface area contributed by atoms with Gasteiger partial charge in [-0.3, -0.25) is 9.79 Å². The SMILES string of the molecule is CN=C(NCCNC(=O)c1ccco1)NC1CCC2CCCCC2C1.I. The first-order valence-electron chi connectivity index (χ1n) is 9.55. The monoisotopic (exact) mass is 474 g/mol. The first kappa shape index (κ1) is 21.1. The van der Waals surface area contributed by atoms with E-state index in [1.807, 2.05) is 0 Å². The molecule has 0 aliphatic heterocycles. The van der Waals surface area contributed by atoms with Gasteiger partial charge in [-0.2, -0.15) is 0 Å². The van der Waals surface area contributed by atoms with E-state index in [1.54, 1.807) is 19.2 Å². The number of rotatable bonds is 5. The van der Waals surface area contributed by atoms with Crippen LogP contribution in [0.15, 0.2) is 27.8 Å². The molecule has 0 bridgehead atoms. The second kappa shape index (κ2) is 10.8. The lowest BCUT2D eigenvalue weighted by atomic mass is 9.69. The maximum absolute atomic E-state index is 11.8. The quantitative estimate of drug-likeness (QED) is 0.265. The third kappa shape index (κ3) is 5.89. The summed E-state index contributed by atoms with van der Waals surface area (Å²) < 4.78 is 5.07. The van der Waals surface area contributed by atoms with Crippen molar-refractivity contribution in [1.29, 1.82) is 0 Å². The number of hydrogen-bond acceptors (Lipinski definition) is 3. The molecule has 0 saturated heterocycles. The number of aliphatic imine (C=N–C) groups is 1. The zero-order valence-corrected chi connectivity index (χ0v) is 17.8. The van der Waals surface area contributed by atoms with Crippen LogP contribution in [-0.2, 0) is 0 Å². The molecule has 0 aromatic carbocycles. The van der Waals surface area contributed by atoms with Gasteiger partial charge in [0.2, 0.25) is 0 Å². The topological polar surface area (TPSA) is 78.7 Å². The molecule has 1 aromatic heterocycles. The average molecular weight is 474 g/mol. The molecule has 1 heterocycles. The molecule has 1 aromatic rings. The molecule has 3 N–H and O–H groups in total. The Balaban J connectivity index is 0.00000243. The molecule has 2 fully saturated rings. The lowest BCUT2D eigenvalue weighted by molar-refractivity contribution is 0.0926. The van der Waals surface area contributed by atoms with Crippen molar-refractivity contribution < 1.29 is 9.21 Å². The Hall–Kier alpha value is -1.25. The smallest absolute Gasteiger partial charge is 0.287 e. The van der Waals surface area contributed by atoms with Crippen LogP contribution in [0.3, 0.4) is 0 Å². The largest absolute Gasteiger partial charge is 0.459 e. The van der Waals surface area contributed by atoms with Crippen LogP contribution >= 0.6 is 24.0 Å². The van der Waals surface area contributed by atoms with E-state index >= 15 is 0 Å². The third-order valence-corrected chi connectivity index (χ3v) is 5.55. The number of nitrogens with zero attached hydrogens (tertiary/aromatic N) is 1. The highest BCUT2D eigenvalue weighted by atomic mass is 127. The predicted molar refractivity (Wildman–Crippen MR) is 114 cm³/mol. The number of carbonyl (C=O) groups excluding carboxylic acids is 1. The Labute approximate surface area is 173 Å². The molecular formula is C19H31IN4O2. The summed E-state index contributed by atoms with van der Waals surface area (Å²) in [4.78, 5) is 16.1.